The molecule has 0 aliphatic heterocycles. The van der Waals surface area contributed by atoms with Gasteiger partial charge in [0.15, 0.2) is 0 Å². The van der Waals surface area contributed by atoms with Crippen LogP contribution in [-0.4, -0.2) is 0 Å². The normalized spacial score (nSPS) is 11.2. The maximum absolute atomic E-state index is 3.61. The lowest BCUT2D eigenvalue weighted by molar-refractivity contribution is 0.922. The third kappa shape index (κ3) is 11.8. The van der Waals surface area contributed by atoms with E-state index < -0.39 is 0 Å². The number of hydrogen-bond acceptors (Lipinski definition) is 2. The first-order chi connectivity index (χ1) is 39.8. The molecule has 0 bridgehead atoms. The van der Waals surface area contributed by atoms with Crippen molar-refractivity contribution in [2.45, 2.75) is 88.0 Å². The van der Waals surface area contributed by atoms with E-state index in [1.54, 1.807) is 0 Å². The third-order valence-electron chi connectivity index (χ3n) is 16.4. The Morgan fingerprint density at radius 2 is 0.524 bits per heavy atom. The van der Waals surface area contributed by atoms with E-state index in [1.807, 2.05) is 0 Å². The highest BCUT2D eigenvalue weighted by Crippen LogP contribution is 2.44. The average molecular weight is 1130 g/mol. The molecular weight excluding hydrogens is 1060 g/mol. The fourth-order valence-electron chi connectivity index (χ4n) is 12.0. The first-order valence-electron chi connectivity index (χ1n) is 29.2. The summed E-state index contributed by atoms with van der Waals surface area (Å²) in [5.41, 5.74) is 33.0. The van der Waals surface area contributed by atoms with Gasteiger partial charge in [0, 0.05) is 38.6 Å². The topological polar surface area (TPSA) is 6.48 Å². The van der Waals surface area contributed by atoms with Gasteiger partial charge < -0.3 is 9.80 Å². The van der Waals surface area contributed by atoms with Crippen LogP contribution in [0.5, 0.6) is 0 Å². The lowest BCUT2D eigenvalue weighted by atomic mass is 9.88. The second kappa shape index (κ2) is 24.3. The number of halogens is 1. The summed E-state index contributed by atoms with van der Waals surface area (Å²) in [6.45, 7) is 20.2. The van der Waals surface area contributed by atoms with Gasteiger partial charge in [0.2, 0.25) is 0 Å². The molecule has 2 nitrogen and oxygen atoms in total. The Hall–Kier alpha value is -8.50. The monoisotopic (exact) mass is 1130 g/mol. The fourth-order valence-corrected chi connectivity index (χ4v) is 12.2. The van der Waals surface area contributed by atoms with Crippen molar-refractivity contribution in [1.29, 1.82) is 0 Å². The molecule has 0 heterocycles. The van der Waals surface area contributed by atoms with Gasteiger partial charge >= 0.3 is 0 Å². The van der Waals surface area contributed by atoms with Gasteiger partial charge in [-0.05, 0) is 258 Å². The molecule has 0 radical (unpaired) electrons. The third-order valence-corrected chi connectivity index (χ3v) is 17.0. The molecule has 82 heavy (non-hydrogen) atoms. The summed E-state index contributed by atoms with van der Waals surface area (Å²) in [5, 5.41) is 0. The molecule has 0 unspecified atom stereocenters. The molecule has 0 N–H and O–H groups in total. The van der Waals surface area contributed by atoms with Gasteiger partial charge in [-0.1, -0.05) is 194 Å². The van der Waals surface area contributed by atoms with Gasteiger partial charge in [-0.25, -0.2) is 0 Å². The summed E-state index contributed by atoms with van der Waals surface area (Å²) in [4.78, 5) is 4.82. The Labute approximate surface area is 496 Å². The Morgan fingerprint density at radius 3 is 0.841 bits per heavy atom. The molecule has 0 aliphatic carbocycles. The van der Waals surface area contributed by atoms with Crippen molar-refractivity contribution in [2.24, 2.45) is 0 Å². The zero-order valence-electron chi connectivity index (χ0n) is 49.0. The van der Waals surface area contributed by atoms with Crippen molar-refractivity contribution in [2.75, 3.05) is 9.80 Å². The van der Waals surface area contributed by atoms with E-state index >= 15 is 0 Å². The van der Waals surface area contributed by atoms with Crippen LogP contribution in [0.25, 0.3) is 66.8 Å². The van der Waals surface area contributed by atoms with Crippen molar-refractivity contribution < 1.29 is 0 Å². The zero-order valence-corrected chi connectivity index (χ0v) is 50.6. The molecule has 3 heteroatoms. The summed E-state index contributed by atoms with van der Waals surface area (Å²) >= 11 is 3.61. The van der Waals surface area contributed by atoms with E-state index in [9.17, 15) is 0 Å². The van der Waals surface area contributed by atoms with Gasteiger partial charge in [-0.3, -0.25) is 0 Å². The number of nitrogens with zero attached hydrogens (tertiary/aromatic N) is 2. The highest BCUT2D eigenvalue weighted by molar-refractivity contribution is 9.10. The molecule has 0 saturated carbocycles. The van der Waals surface area contributed by atoms with Crippen molar-refractivity contribution in [3.05, 3.63) is 285 Å². The molecule has 0 fully saturated rings. The Bertz CT molecular complexity index is 3770. The molecule has 0 amide bonds. The van der Waals surface area contributed by atoms with Gasteiger partial charge in [-0.15, -0.1) is 0 Å². The highest BCUT2D eigenvalue weighted by Gasteiger charge is 2.20. The van der Waals surface area contributed by atoms with E-state index in [1.165, 1.54) is 117 Å². The van der Waals surface area contributed by atoms with Crippen LogP contribution < -0.4 is 9.80 Å². The van der Waals surface area contributed by atoms with Crippen LogP contribution in [0, 0.1) is 48.5 Å². The van der Waals surface area contributed by atoms with Gasteiger partial charge in [0.25, 0.3) is 0 Å². The van der Waals surface area contributed by atoms with Crippen LogP contribution in [0.1, 0.15) is 76.8 Å². The maximum Gasteiger partial charge on any atom is 0.0464 e. The summed E-state index contributed by atoms with van der Waals surface area (Å²) in [6.07, 6.45) is 4.50. The molecule has 11 aromatic rings. The molecule has 406 valence electrons. The molecule has 0 spiro atoms. The zero-order chi connectivity index (χ0) is 57.0. The van der Waals surface area contributed by atoms with E-state index in [-0.39, 0.29) is 0 Å². The SMILES string of the molecule is CCCc1ccc(-c2ccc(N(c3ccc(-c4ccc(C)cc4)cc3)c3ccc(-c4cc(C)c(-c5ccc(N(c6ccc(-c7ccc(Br)cc7)cc6)c6ccc(-c7ccc(CCC)cc7)c(C)c6)cc5C)cc4C)c(C)c3)cc2C)cc1. The number of anilines is 6. The smallest absolute Gasteiger partial charge is 0.0464 e. The first-order valence-corrected chi connectivity index (χ1v) is 30.0. The first kappa shape index (κ1) is 55.4. The molecule has 11 rings (SSSR count). The van der Waals surface area contributed by atoms with Gasteiger partial charge in [-0.2, -0.15) is 0 Å². The van der Waals surface area contributed by atoms with E-state index in [0.29, 0.717) is 0 Å². The molecule has 11 aromatic carbocycles. The van der Waals surface area contributed by atoms with Crippen molar-refractivity contribution in [3.63, 3.8) is 0 Å². The van der Waals surface area contributed by atoms with Crippen LogP contribution >= 0.6 is 15.9 Å². The average Bonchev–Trinajstić information content (AvgIpc) is 3.68. The summed E-state index contributed by atoms with van der Waals surface area (Å²) < 4.78 is 1.08. The predicted molar refractivity (Wildman–Crippen MR) is 357 cm³/mol. The minimum Gasteiger partial charge on any atom is -0.310 e. The number of hydrogen-bond donors (Lipinski definition) is 0. The molecule has 0 saturated heterocycles. The van der Waals surface area contributed by atoms with Crippen molar-refractivity contribution in [3.8, 4) is 66.8 Å². The predicted octanol–water partition coefficient (Wildman–Crippen LogP) is 23.5. The number of rotatable bonds is 16. The number of benzene rings is 11. The van der Waals surface area contributed by atoms with E-state index in [4.69, 9.17) is 0 Å². The Balaban J connectivity index is 0.914. The second-order valence-electron chi connectivity index (χ2n) is 22.5. The highest BCUT2D eigenvalue weighted by atomic mass is 79.9. The lowest BCUT2D eigenvalue weighted by Gasteiger charge is -2.28. The van der Waals surface area contributed by atoms with Gasteiger partial charge in [0.1, 0.15) is 0 Å². The lowest BCUT2D eigenvalue weighted by Crippen LogP contribution is -2.11. The van der Waals surface area contributed by atoms with Crippen LogP contribution in [-0.2, 0) is 12.8 Å². The Morgan fingerprint density at radius 1 is 0.256 bits per heavy atom. The van der Waals surface area contributed by atoms with Crippen LogP contribution in [0.15, 0.2) is 235 Å². The second-order valence-corrected chi connectivity index (χ2v) is 23.4. The summed E-state index contributed by atoms with van der Waals surface area (Å²) in [5.74, 6) is 0. The minimum absolute atomic E-state index is 1.08. The van der Waals surface area contributed by atoms with Crippen LogP contribution in [0.3, 0.4) is 0 Å². The minimum atomic E-state index is 1.08. The maximum atomic E-state index is 3.61. The Kier molecular flexibility index (Phi) is 16.4. The molecule has 0 aromatic heterocycles. The fraction of sp³-hybridized carbons (Fsp3) is 0.165. The standard InChI is InChI=1S/C79H73BrN2/c1-10-12-59-16-22-65(23-17-59)74-42-38-70(46-53(74)4)81(68-34-28-63(29-35-68)61-20-14-52(3)15-21-61)72-40-44-76(55(6)48-72)78-50-58(9)79(51-57(78)8)77-45-41-73(49-56(77)7)82(69-36-30-64(31-37-69)62-26-32-67(80)33-27-62)71-39-43-75(54(5)47-71)66-24-18-60(13-11-2)19-25-66/h14-51H,10-13H2,1-9H3. The molecule has 0 aliphatic rings. The van der Waals surface area contributed by atoms with Gasteiger partial charge in [0.05, 0.1) is 0 Å². The van der Waals surface area contributed by atoms with E-state index in [0.717, 1.165) is 64.3 Å². The quantitative estimate of drug-likeness (QED) is 0.0951. The summed E-state index contributed by atoms with van der Waals surface area (Å²) in [6, 6.07) is 86.2. The number of aryl methyl sites for hydroxylation is 9. The summed E-state index contributed by atoms with van der Waals surface area (Å²) in [7, 11) is 0. The van der Waals surface area contributed by atoms with Crippen molar-refractivity contribution >= 4 is 50.1 Å². The van der Waals surface area contributed by atoms with E-state index in [2.05, 4.69) is 319 Å². The van der Waals surface area contributed by atoms with Crippen molar-refractivity contribution in [1.82, 2.24) is 0 Å². The molecule has 0 atom stereocenters. The molecular formula is C79H73BrN2. The van der Waals surface area contributed by atoms with Crippen LogP contribution in [0.4, 0.5) is 34.1 Å². The largest absolute Gasteiger partial charge is 0.310 e. The van der Waals surface area contributed by atoms with Crippen LogP contribution in [0.2, 0.25) is 0 Å².